The molecule has 1 amide bonds. The molecule has 152 valence electrons. The highest BCUT2D eigenvalue weighted by molar-refractivity contribution is 7.89. The number of benzene rings is 1. The molecule has 0 fully saturated rings. The summed E-state index contributed by atoms with van der Waals surface area (Å²) >= 11 is 6.01. The van der Waals surface area contributed by atoms with Crippen LogP contribution in [0.4, 0.5) is 0 Å². The molecule has 0 bridgehead atoms. The lowest BCUT2D eigenvalue weighted by atomic mass is 10.1. The van der Waals surface area contributed by atoms with Crippen LogP contribution >= 0.6 is 11.6 Å². The van der Waals surface area contributed by atoms with E-state index in [0.29, 0.717) is 12.5 Å². The minimum absolute atomic E-state index is 0.0476. The largest absolute Gasteiger partial charge is 0.452 e. The van der Waals surface area contributed by atoms with Crippen molar-refractivity contribution in [2.24, 2.45) is 5.92 Å². The van der Waals surface area contributed by atoms with Crippen LogP contribution in [0.3, 0.4) is 0 Å². The van der Waals surface area contributed by atoms with Gasteiger partial charge in [-0.05, 0) is 44.4 Å². The Morgan fingerprint density at radius 3 is 2.41 bits per heavy atom. The summed E-state index contributed by atoms with van der Waals surface area (Å²) in [5, 5.41) is 2.69. The highest BCUT2D eigenvalue weighted by Crippen LogP contribution is 2.24. The monoisotopic (exact) mass is 418 g/mol. The molecule has 1 aromatic rings. The van der Waals surface area contributed by atoms with Crippen molar-refractivity contribution in [3.8, 4) is 0 Å². The topological polar surface area (TPSA) is 92.8 Å². The first-order valence-corrected chi connectivity index (χ1v) is 10.5. The van der Waals surface area contributed by atoms with Crippen molar-refractivity contribution in [1.82, 2.24) is 9.62 Å². The van der Waals surface area contributed by atoms with Gasteiger partial charge in [-0.2, -0.15) is 4.31 Å². The fraction of sp³-hybridized carbons (Fsp3) is 0.556. The molecule has 7 nitrogen and oxygen atoms in total. The second-order valence-electron chi connectivity index (χ2n) is 6.87. The number of nitrogens with zero attached hydrogens (tertiary/aromatic N) is 1. The molecule has 1 rings (SSSR count). The molecule has 9 heteroatoms. The van der Waals surface area contributed by atoms with E-state index in [1.54, 1.807) is 13.8 Å². The van der Waals surface area contributed by atoms with E-state index in [0.717, 1.165) is 12.5 Å². The van der Waals surface area contributed by atoms with Gasteiger partial charge in [-0.25, -0.2) is 13.2 Å². The molecule has 0 unspecified atom stereocenters. The number of sulfonamides is 1. The zero-order chi connectivity index (χ0) is 20.8. The first-order chi connectivity index (χ1) is 12.5. The van der Waals surface area contributed by atoms with Gasteiger partial charge in [0.05, 0.1) is 15.5 Å². The molecule has 0 atom stereocenters. The average Bonchev–Trinajstić information content (AvgIpc) is 2.58. The van der Waals surface area contributed by atoms with Gasteiger partial charge in [0.2, 0.25) is 10.0 Å². The lowest BCUT2D eigenvalue weighted by molar-refractivity contribution is -0.124. The number of carbonyl (C=O) groups is 2. The van der Waals surface area contributed by atoms with Crippen LogP contribution in [0.15, 0.2) is 23.1 Å². The fourth-order valence-corrected chi connectivity index (χ4v) is 3.61. The van der Waals surface area contributed by atoms with Gasteiger partial charge in [0.1, 0.15) is 0 Å². The zero-order valence-electron chi connectivity index (χ0n) is 16.3. The highest BCUT2D eigenvalue weighted by Gasteiger charge is 2.25. The number of amides is 1. The number of esters is 1. The second-order valence-corrected chi connectivity index (χ2v) is 9.27. The Balaban J connectivity index is 2.85. The van der Waals surface area contributed by atoms with Crippen LogP contribution in [0.5, 0.6) is 0 Å². The number of hydrogen-bond donors (Lipinski definition) is 1. The van der Waals surface area contributed by atoms with Gasteiger partial charge in [0, 0.05) is 19.6 Å². The van der Waals surface area contributed by atoms with Crippen LogP contribution in [0.2, 0.25) is 5.02 Å². The highest BCUT2D eigenvalue weighted by atomic mass is 35.5. The van der Waals surface area contributed by atoms with Crippen molar-refractivity contribution >= 4 is 33.5 Å². The van der Waals surface area contributed by atoms with E-state index in [1.165, 1.54) is 23.5 Å². The molecule has 0 saturated heterocycles. The molecular weight excluding hydrogens is 392 g/mol. The van der Waals surface area contributed by atoms with Gasteiger partial charge in [-0.1, -0.05) is 25.4 Å². The van der Waals surface area contributed by atoms with E-state index in [9.17, 15) is 18.0 Å². The Kier molecular flexibility index (Phi) is 8.71. The van der Waals surface area contributed by atoms with E-state index < -0.39 is 28.5 Å². The first kappa shape index (κ1) is 23.4. The molecule has 1 N–H and O–H groups in total. The zero-order valence-corrected chi connectivity index (χ0v) is 17.9. The van der Waals surface area contributed by atoms with Crippen LogP contribution in [0, 0.1) is 5.92 Å². The quantitative estimate of drug-likeness (QED) is 0.622. The average molecular weight is 419 g/mol. The third-order valence-electron chi connectivity index (χ3n) is 3.94. The molecule has 27 heavy (non-hydrogen) atoms. The fourth-order valence-electron chi connectivity index (χ4n) is 2.03. The molecule has 0 aliphatic carbocycles. The molecule has 0 aliphatic rings. The van der Waals surface area contributed by atoms with E-state index in [2.05, 4.69) is 5.32 Å². The van der Waals surface area contributed by atoms with Crippen molar-refractivity contribution in [2.75, 3.05) is 20.2 Å². The molecular formula is C18H27ClN2O5S. The molecule has 0 aliphatic heterocycles. The lowest BCUT2D eigenvalue weighted by Crippen LogP contribution is -2.33. The Labute approximate surface area is 166 Å². The molecule has 1 aromatic carbocycles. The summed E-state index contributed by atoms with van der Waals surface area (Å²) in [6, 6.07) is 3.55. The maximum Gasteiger partial charge on any atom is 0.340 e. The molecule has 0 saturated carbocycles. The van der Waals surface area contributed by atoms with Gasteiger partial charge < -0.3 is 10.1 Å². The summed E-state index contributed by atoms with van der Waals surface area (Å²) in [6.07, 6.45) is 0.814. The third-order valence-corrected chi connectivity index (χ3v) is 6.30. The van der Waals surface area contributed by atoms with E-state index in [4.69, 9.17) is 16.3 Å². The Bertz CT molecular complexity index is 778. The molecule has 0 heterocycles. The van der Waals surface area contributed by atoms with E-state index >= 15 is 0 Å². The van der Waals surface area contributed by atoms with Crippen molar-refractivity contribution < 1.29 is 22.7 Å². The SMILES string of the molecule is CC(C)CCNC(=O)COC(=O)c1cc(S(=O)(=O)N(C)C(C)C)ccc1Cl. The normalized spacial score (nSPS) is 11.9. The van der Waals surface area contributed by atoms with Gasteiger partial charge in [0.25, 0.3) is 5.91 Å². The minimum Gasteiger partial charge on any atom is -0.452 e. The van der Waals surface area contributed by atoms with Crippen LogP contribution < -0.4 is 5.32 Å². The van der Waals surface area contributed by atoms with Gasteiger partial charge >= 0.3 is 5.97 Å². The maximum absolute atomic E-state index is 12.6. The predicted octanol–water partition coefficient (Wildman–Crippen LogP) is 2.69. The number of ether oxygens (including phenoxy) is 1. The molecule has 0 radical (unpaired) electrons. The van der Waals surface area contributed by atoms with Crippen LogP contribution in [0.1, 0.15) is 44.5 Å². The summed E-state index contributed by atoms with van der Waals surface area (Å²) in [7, 11) is -2.32. The van der Waals surface area contributed by atoms with Crippen molar-refractivity contribution in [3.05, 3.63) is 28.8 Å². The number of rotatable bonds is 9. The Hall–Kier alpha value is -1.64. The van der Waals surface area contributed by atoms with Crippen LogP contribution in [0.25, 0.3) is 0 Å². The summed E-state index contributed by atoms with van der Waals surface area (Å²) in [5.41, 5.74) is -0.107. The van der Waals surface area contributed by atoms with Gasteiger partial charge in [-0.15, -0.1) is 0 Å². The van der Waals surface area contributed by atoms with E-state index in [-0.39, 0.29) is 21.5 Å². The number of carbonyl (C=O) groups excluding carboxylic acids is 2. The van der Waals surface area contributed by atoms with Gasteiger partial charge in [0.15, 0.2) is 6.61 Å². The number of nitrogens with one attached hydrogen (secondary N) is 1. The third kappa shape index (κ3) is 6.79. The number of halogens is 1. The summed E-state index contributed by atoms with van der Waals surface area (Å²) in [4.78, 5) is 23.9. The number of hydrogen-bond acceptors (Lipinski definition) is 5. The summed E-state index contributed by atoms with van der Waals surface area (Å²) in [5.74, 6) is -0.841. The summed E-state index contributed by atoms with van der Waals surface area (Å²) < 4.78 is 31.3. The van der Waals surface area contributed by atoms with Crippen molar-refractivity contribution in [1.29, 1.82) is 0 Å². The predicted molar refractivity (Wildman–Crippen MR) is 104 cm³/mol. The maximum atomic E-state index is 12.6. The standard InChI is InChI=1S/C18H27ClN2O5S/c1-12(2)8-9-20-17(22)11-26-18(23)15-10-14(6-7-16(15)19)27(24,25)21(5)13(3)4/h6-7,10,12-13H,8-9,11H2,1-5H3,(H,20,22). The summed E-state index contributed by atoms with van der Waals surface area (Å²) in [6.45, 7) is 7.57. The van der Waals surface area contributed by atoms with Crippen LogP contribution in [-0.4, -0.2) is 50.8 Å². The lowest BCUT2D eigenvalue weighted by Gasteiger charge is -2.21. The van der Waals surface area contributed by atoms with Crippen molar-refractivity contribution in [3.63, 3.8) is 0 Å². The van der Waals surface area contributed by atoms with Gasteiger partial charge in [-0.3, -0.25) is 4.79 Å². The second kappa shape index (κ2) is 10.1. The Morgan fingerprint density at radius 1 is 1.22 bits per heavy atom. The Morgan fingerprint density at radius 2 is 1.85 bits per heavy atom. The van der Waals surface area contributed by atoms with Crippen molar-refractivity contribution in [2.45, 2.75) is 45.1 Å². The minimum atomic E-state index is -3.77. The molecule has 0 aromatic heterocycles. The molecule has 0 spiro atoms. The smallest absolute Gasteiger partial charge is 0.340 e. The van der Waals surface area contributed by atoms with Crippen LogP contribution in [-0.2, 0) is 19.6 Å². The van der Waals surface area contributed by atoms with E-state index in [1.807, 2.05) is 13.8 Å². The first-order valence-electron chi connectivity index (χ1n) is 8.68.